The monoisotopic (exact) mass is 309 g/mol. The van der Waals surface area contributed by atoms with Crippen LogP contribution in [0.3, 0.4) is 0 Å². The van der Waals surface area contributed by atoms with Crippen molar-refractivity contribution in [1.82, 2.24) is 0 Å². The van der Waals surface area contributed by atoms with Gasteiger partial charge in [-0.1, -0.05) is 0 Å². The van der Waals surface area contributed by atoms with E-state index in [1.807, 2.05) is 0 Å². The molecule has 0 spiro atoms. The molecule has 3 N–H and O–H groups in total. The maximum atomic E-state index is 10.8. The molecule has 0 fully saturated rings. The molecule has 17 heavy (non-hydrogen) atoms. The Hall–Kier alpha value is -1.41. The number of rotatable bonds is 3. The van der Waals surface area contributed by atoms with E-state index in [2.05, 4.69) is 0 Å². The van der Waals surface area contributed by atoms with Crippen LogP contribution < -0.4 is 0 Å². The summed E-state index contributed by atoms with van der Waals surface area (Å²) in [4.78, 5) is 20.4. The van der Waals surface area contributed by atoms with E-state index in [9.17, 15) is 18.0 Å². The number of aromatic carboxylic acids is 2. The molecule has 1 radical (unpaired) electrons. The van der Waals surface area contributed by atoms with E-state index in [0.29, 0.717) is 12.1 Å². The van der Waals surface area contributed by atoms with Crippen LogP contribution in [-0.2, 0) is 27.2 Å². The Morgan fingerprint density at radius 3 is 1.53 bits per heavy atom. The first-order chi connectivity index (χ1) is 7.21. The summed E-state index contributed by atoms with van der Waals surface area (Å²) in [5.41, 5.74) is -1.07. The summed E-state index contributed by atoms with van der Waals surface area (Å²) in [6, 6.07) is 2.13. The number of carboxylic acids is 2. The van der Waals surface area contributed by atoms with Crippen molar-refractivity contribution < 1.29 is 49.8 Å². The van der Waals surface area contributed by atoms with Gasteiger partial charge in [-0.15, -0.1) is 0 Å². The number of carbonyl (C=O) groups is 2. The maximum Gasteiger partial charge on any atom is 0.335 e. The Kier molecular flexibility index (Phi) is 4.84. The van der Waals surface area contributed by atoms with Crippen LogP contribution in [0.15, 0.2) is 23.1 Å². The van der Waals surface area contributed by atoms with Gasteiger partial charge in [0.2, 0.25) is 0 Å². The standard InChI is InChI=1S/C8H6O7S.Cu/c9-7(10)4-1-5(8(11)12)3-6(2-4)16(13,14)15;/h1-3H,(H,9,10)(H,11,12)(H,13,14,15);. The third kappa shape index (κ3) is 3.82. The van der Waals surface area contributed by atoms with Gasteiger partial charge in [-0.3, -0.25) is 4.55 Å². The van der Waals surface area contributed by atoms with Gasteiger partial charge in [0.05, 0.1) is 16.0 Å². The Balaban J connectivity index is 0.00000256. The molecule has 0 amide bonds. The van der Waals surface area contributed by atoms with Crippen molar-refractivity contribution in [2.45, 2.75) is 4.90 Å². The van der Waals surface area contributed by atoms with Gasteiger partial charge in [0, 0.05) is 17.1 Å². The fourth-order valence-electron chi connectivity index (χ4n) is 0.995. The van der Waals surface area contributed by atoms with Crippen LogP contribution in [0.1, 0.15) is 20.7 Å². The first-order valence-corrected chi connectivity index (χ1v) is 5.25. The summed E-state index contributed by atoms with van der Waals surface area (Å²) in [6.45, 7) is 0. The second-order valence-corrected chi connectivity index (χ2v) is 4.25. The fourth-order valence-corrected chi connectivity index (χ4v) is 1.55. The Morgan fingerprint density at radius 1 is 0.941 bits per heavy atom. The van der Waals surface area contributed by atoms with Crippen LogP contribution in [0.2, 0.25) is 0 Å². The average Bonchev–Trinajstić information content (AvgIpc) is 2.15. The molecule has 7 nitrogen and oxygen atoms in total. The number of carboxylic acid groups (broad SMARTS) is 2. The van der Waals surface area contributed by atoms with Gasteiger partial charge in [-0.25, -0.2) is 9.59 Å². The molecule has 0 saturated carbocycles. The molecular formula is C8H6CuO7S. The average molecular weight is 310 g/mol. The predicted octanol–water partition coefficient (Wildman–Crippen LogP) is 0.327. The molecular weight excluding hydrogens is 304 g/mol. The van der Waals surface area contributed by atoms with Gasteiger partial charge in [0.25, 0.3) is 10.1 Å². The van der Waals surface area contributed by atoms with Gasteiger partial charge >= 0.3 is 11.9 Å². The molecule has 1 aromatic carbocycles. The van der Waals surface area contributed by atoms with E-state index in [1.54, 1.807) is 0 Å². The van der Waals surface area contributed by atoms with Crippen LogP contribution in [-0.4, -0.2) is 35.1 Å². The van der Waals surface area contributed by atoms with E-state index >= 15 is 0 Å². The van der Waals surface area contributed by atoms with Gasteiger partial charge in [0.1, 0.15) is 0 Å². The number of hydrogen-bond acceptors (Lipinski definition) is 4. The largest absolute Gasteiger partial charge is 0.478 e. The molecule has 0 aliphatic carbocycles. The second-order valence-electron chi connectivity index (χ2n) is 2.83. The summed E-state index contributed by atoms with van der Waals surface area (Å²) < 4.78 is 30.2. The number of hydrogen-bond donors (Lipinski definition) is 3. The Morgan fingerprint density at radius 2 is 1.29 bits per heavy atom. The van der Waals surface area contributed by atoms with Crippen molar-refractivity contribution in [1.29, 1.82) is 0 Å². The molecule has 0 saturated heterocycles. The Labute approximate surface area is 106 Å². The molecule has 0 heterocycles. The third-order valence-electron chi connectivity index (χ3n) is 1.70. The second kappa shape index (κ2) is 5.28. The zero-order chi connectivity index (χ0) is 12.5. The van der Waals surface area contributed by atoms with Crippen LogP contribution in [0, 0.1) is 0 Å². The quantitative estimate of drug-likeness (QED) is 0.542. The zero-order valence-corrected chi connectivity index (χ0v) is 9.67. The summed E-state index contributed by atoms with van der Waals surface area (Å²) in [5, 5.41) is 17.2. The first-order valence-electron chi connectivity index (χ1n) is 3.81. The van der Waals surface area contributed by atoms with Crippen LogP contribution in [0.5, 0.6) is 0 Å². The molecule has 0 aliphatic heterocycles. The minimum Gasteiger partial charge on any atom is -0.478 e. The molecule has 0 aliphatic rings. The van der Waals surface area contributed by atoms with Crippen molar-refractivity contribution in [2.24, 2.45) is 0 Å². The normalized spacial score (nSPS) is 10.4. The van der Waals surface area contributed by atoms with Crippen molar-refractivity contribution in [3.8, 4) is 0 Å². The number of benzene rings is 1. The van der Waals surface area contributed by atoms with E-state index in [0.717, 1.165) is 6.07 Å². The van der Waals surface area contributed by atoms with Gasteiger partial charge in [-0.2, -0.15) is 8.42 Å². The van der Waals surface area contributed by atoms with Crippen molar-refractivity contribution in [2.75, 3.05) is 0 Å². The molecule has 9 heteroatoms. The van der Waals surface area contributed by atoms with Crippen molar-refractivity contribution >= 4 is 22.1 Å². The van der Waals surface area contributed by atoms with Gasteiger partial charge in [0.15, 0.2) is 0 Å². The maximum absolute atomic E-state index is 10.8. The minimum atomic E-state index is -4.64. The Bertz CT molecular complexity index is 531. The van der Waals surface area contributed by atoms with Crippen LogP contribution in [0.25, 0.3) is 0 Å². The van der Waals surface area contributed by atoms with Crippen LogP contribution in [0.4, 0.5) is 0 Å². The molecule has 0 unspecified atom stereocenters. The molecule has 0 aromatic heterocycles. The third-order valence-corrected chi connectivity index (χ3v) is 2.53. The van der Waals surface area contributed by atoms with E-state index in [4.69, 9.17) is 14.8 Å². The smallest absolute Gasteiger partial charge is 0.335 e. The molecule has 1 rings (SSSR count). The van der Waals surface area contributed by atoms with E-state index in [1.165, 1.54) is 0 Å². The topological polar surface area (TPSA) is 129 Å². The van der Waals surface area contributed by atoms with Gasteiger partial charge in [-0.05, 0) is 18.2 Å². The predicted molar refractivity (Wildman–Crippen MR) is 50.2 cm³/mol. The SMILES string of the molecule is O=C(O)c1cc(C(=O)O)cc(S(=O)(=O)O)c1.[Cu]. The molecule has 0 bridgehead atoms. The summed E-state index contributed by atoms with van der Waals surface area (Å²) in [6.07, 6.45) is 0. The zero-order valence-electron chi connectivity index (χ0n) is 7.92. The summed E-state index contributed by atoms with van der Waals surface area (Å²) in [7, 11) is -4.64. The first kappa shape index (κ1) is 15.6. The van der Waals surface area contributed by atoms with E-state index in [-0.39, 0.29) is 17.1 Å². The summed E-state index contributed by atoms with van der Waals surface area (Å²) in [5.74, 6) is -2.99. The minimum absolute atomic E-state index is 0. The van der Waals surface area contributed by atoms with Crippen LogP contribution >= 0.6 is 0 Å². The van der Waals surface area contributed by atoms with E-state index < -0.39 is 38.1 Å². The molecule has 1 aromatic rings. The summed E-state index contributed by atoms with van der Waals surface area (Å²) >= 11 is 0. The molecule has 97 valence electrons. The van der Waals surface area contributed by atoms with Crippen molar-refractivity contribution in [3.63, 3.8) is 0 Å². The molecule has 0 atom stereocenters. The van der Waals surface area contributed by atoms with Gasteiger partial charge < -0.3 is 10.2 Å². The fraction of sp³-hybridized carbons (Fsp3) is 0. The van der Waals surface area contributed by atoms with Crippen molar-refractivity contribution in [3.05, 3.63) is 29.3 Å².